The van der Waals surface area contributed by atoms with Gasteiger partial charge in [0.2, 0.25) is 0 Å². The summed E-state index contributed by atoms with van der Waals surface area (Å²) in [6, 6.07) is 11.9. The Morgan fingerprint density at radius 3 is 2.51 bits per heavy atom. The molecule has 0 aliphatic carbocycles. The van der Waals surface area contributed by atoms with Crippen LogP contribution in [0.3, 0.4) is 0 Å². The molecule has 2 aromatic heterocycles. The lowest BCUT2D eigenvalue weighted by Crippen LogP contribution is -2.25. The van der Waals surface area contributed by atoms with Gasteiger partial charge in [0.05, 0.1) is 28.3 Å². The molecule has 0 radical (unpaired) electrons. The molecule has 0 aliphatic heterocycles. The topological polar surface area (TPSA) is 90.3 Å². The van der Waals surface area contributed by atoms with Crippen molar-refractivity contribution in [2.45, 2.75) is 26.7 Å². The summed E-state index contributed by atoms with van der Waals surface area (Å²) in [7, 11) is 0. The molecule has 10 heteroatoms. The van der Waals surface area contributed by atoms with Gasteiger partial charge in [0.1, 0.15) is 5.00 Å². The third kappa shape index (κ3) is 4.96. The average Bonchev–Trinajstić information content (AvgIpc) is 3.25. The van der Waals surface area contributed by atoms with Crippen LogP contribution in [-0.2, 0) is 4.74 Å². The van der Waals surface area contributed by atoms with E-state index >= 15 is 0 Å². The van der Waals surface area contributed by atoms with Crippen LogP contribution in [-0.4, -0.2) is 28.3 Å². The van der Waals surface area contributed by atoms with Gasteiger partial charge in [-0.2, -0.15) is 9.78 Å². The van der Waals surface area contributed by atoms with Crippen LogP contribution in [0.1, 0.15) is 53.1 Å². The van der Waals surface area contributed by atoms with Crippen molar-refractivity contribution < 1.29 is 14.3 Å². The highest BCUT2D eigenvalue weighted by molar-refractivity contribution is 7.16. The minimum atomic E-state index is -0.668. The second-order valence-electron chi connectivity index (χ2n) is 7.96. The Labute approximate surface area is 215 Å². The van der Waals surface area contributed by atoms with E-state index in [0.29, 0.717) is 22.0 Å². The molecule has 2 heterocycles. The first-order valence-electron chi connectivity index (χ1n) is 10.8. The number of anilines is 1. The van der Waals surface area contributed by atoms with E-state index in [-0.39, 0.29) is 33.3 Å². The number of amides is 1. The molecule has 35 heavy (non-hydrogen) atoms. The van der Waals surface area contributed by atoms with Gasteiger partial charge in [0.25, 0.3) is 11.5 Å². The number of nitrogens with one attached hydrogen (secondary N) is 1. The van der Waals surface area contributed by atoms with E-state index in [2.05, 4.69) is 24.3 Å². The van der Waals surface area contributed by atoms with Crippen LogP contribution in [0, 0.1) is 0 Å². The number of carbonyl (C=O) groups is 2. The lowest BCUT2D eigenvalue weighted by molar-refractivity contribution is 0.0520. The summed E-state index contributed by atoms with van der Waals surface area (Å²) < 4.78 is 6.32. The minimum absolute atomic E-state index is 0.0214. The van der Waals surface area contributed by atoms with E-state index in [1.54, 1.807) is 30.5 Å². The predicted molar refractivity (Wildman–Crippen MR) is 140 cm³/mol. The van der Waals surface area contributed by atoms with E-state index < -0.39 is 17.4 Å². The Bertz CT molecular complexity index is 1490. The maximum absolute atomic E-state index is 13.6. The summed E-state index contributed by atoms with van der Waals surface area (Å²) in [6.45, 7) is 5.96. The molecule has 1 amide bonds. The van der Waals surface area contributed by atoms with Crippen LogP contribution in [0.2, 0.25) is 10.0 Å². The van der Waals surface area contributed by atoms with Gasteiger partial charge in [-0.15, -0.1) is 11.3 Å². The number of aromatic nitrogens is 2. The Hall–Kier alpha value is -3.20. The number of hydrogen-bond acceptors (Lipinski definition) is 6. The lowest BCUT2D eigenvalue weighted by atomic mass is 10.0. The molecule has 4 rings (SSSR count). The normalized spacial score (nSPS) is 11.1. The quantitative estimate of drug-likeness (QED) is 0.295. The van der Waals surface area contributed by atoms with Crippen LogP contribution in [0.15, 0.2) is 52.6 Å². The second-order valence-corrected chi connectivity index (χ2v) is 9.69. The second kappa shape index (κ2) is 10.2. The van der Waals surface area contributed by atoms with Gasteiger partial charge in [0, 0.05) is 15.8 Å². The molecule has 0 bridgehead atoms. The van der Waals surface area contributed by atoms with Crippen LogP contribution in [0.25, 0.3) is 16.5 Å². The Kier molecular flexibility index (Phi) is 7.25. The van der Waals surface area contributed by atoms with Crippen LogP contribution >= 0.6 is 34.5 Å². The van der Waals surface area contributed by atoms with Crippen molar-refractivity contribution in [1.82, 2.24) is 9.78 Å². The summed E-state index contributed by atoms with van der Waals surface area (Å²) in [5, 5.41) is 9.90. The Balaban J connectivity index is 1.87. The van der Waals surface area contributed by atoms with Crippen LogP contribution in [0.4, 0.5) is 5.00 Å². The van der Waals surface area contributed by atoms with Crippen molar-refractivity contribution >= 4 is 62.2 Å². The number of carbonyl (C=O) groups excluding carboxylic acids is 2. The van der Waals surface area contributed by atoms with Crippen molar-refractivity contribution in [3.05, 3.63) is 85.1 Å². The zero-order valence-electron chi connectivity index (χ0n) is 19.1. The number of rotatable bonds is 6. The lowest BCUT2D eigenvalue weighted by Gasteiger charge is -2.11. The fourth-order valence-corrected chi connectivity index (χ4v) is 4.82. The van der Waals surface area contributed by atoms with Crippen molar-refractivity contribution in [2.24, 2.45) is 0 Å². The summed E-state index contributed by atoms with van der Waals surface area (Å²) in [6.07, 6.45) is 0. The highest BCUT2D eigenvalue weighted by Crippen LogP contribution is 2.32. The van der Waals surface area contributed by atoms with Crippen molar-refractivity contribution in [3.8, 4) is 5.69 Å². The molecule has 2 aromatic carbocycles. The van der Waals surface area contributed by atoms with E-state index in [9.17, 15) is 14.4 Å². The molecule has 7 nitrogen and oxygen atoms in total. The van der Waals surface area contributed by atoms with Crippen molar-refractivity contribution in [2.75, 3.05) is 11.9 Å². The SMILES string of the molecule is CCOC(=O)c1nn(-c2ccc(C(C)C)cc2)c(=O)c2c(NC(=O)c3cc(Cl)ccc3Cl)scc12. The Morgan fingerprint density at radius 1 is 1.14 bits per heavy atom. The zero-order chi connectivity index (χ0) is 25.3. The summed E-state index contributed by atoms with van der Waals surface area (Å²) >= 11 is 13.3. The number of esters is 1. The zero-order valence-corrected chi connectivity index (χ0v) is 21.4. The van der Waals surface area contributed by atoms with Gasteiger partial charge < -0.3 is 10.1 Å². The van der Waals surface area contributed by atoms with Gasteiger partial charge >= 0.3 is 5.97 Å². The third-order valence-electron chi connectivity index (χ3n) is 5.33. The molecular weight excluding hydrogens is 509 g/mol. The first kappa shape index (κ1) is 24.9. The number of hydrogen-bond donors (Lipinski definition) is 1. The molecule has 0 saturated carbocycles. The highest BCUT2D eigenvalue weighted by atomic mass is 35.5. The van der Waals surface area contributed by atoms with Gasteiger partial charge in [0.15, 0.2) is 5.69 Å². The third-order valence-corrected chi connectivity index (χ3v) is 6.79. The predicted octanol–water partition coefficient (Wildman–Crippen LogP) is 6.31. The molecule has 4 aromatic rings. The number of fused-ring (bicyclic) bond motifs is 1. The highest BCUT2D eigenvalue weighted by Gasteiger charge is 2.24. The molecule has 0 spiro atoms. The van der Waals surface area contributed by atoms with Gasteiger partial charge in [-0.3, -0.25) is 9.59 Å². The maximum atomic E-state index is 13.6. The van der Waals surface area contributed by atoms with Crippen molar-refractivity contribution in [1.29, 1.82) is 0 Å². The smallest absolute Gasteiger partial charge is 0.359 e. The van der Waals surface area contributed by atoms with Crippen LogP contribution in [0.5, 0.6) is 0 Å². The first-order valence-corrected chi connectivity index (χ1v) is 12.4. The largest absolute Gasteiger partial charge is 0.461 e. The summed E-state index contributed by atoms with van der Waals surface area (Å²) in [5.41, 5.74) is 1.22. The molecule has 1 N–H and O–H groups in total. The number of benzene rings is 2. The molecule has 0 fully saturated rings. The monoisotopic (exact) mass is 529 g/mol. The average molecular weight is 530 g/mol. The van der Waals surface area contributed by atoms with Crippen molar-refractivity contribution in [3.63, 3.8) is 0 Å². The fourth-order valence-electron chi connectivity index (χ4n) is 3.51. The fraction of sp³-hybridized carbons (Fsp3) is 0.200. The summed E-state index contributed by atoms with van der Waals surface area (Å²) in [4.78, 5) is 39.2. The van der Waals surface area contributed by atoms with Gasteiger partial charge in [-0.1, -0.05) is 49.2 Å². The molecule has 0 atom stereocenters. The van der Waals surface area contributed by atoms with E-state index in [1.807, 2.05) is 12.1 Å². The molecular formula is C25H21Cl2N3O4S. The van der Waals surface area contributed by atoms with E-state index in [4.69, 9.17) is 27.9 Å². The standard InChI is InChI=1S/C25H21Cl2N3O4S/c1-4-34-25(33)21-18-12-35-23(28-22(31)17-11-15(26)7-10-19(17)27)20(18)24(32)30(29-21)16-8-5-14(6-9-16)13(2)3/h5-13H,4H2,1-3H3,(H,28,31). The van der Waals surface area contributed by atoms with Crippen LogP contribution < -0.4 is 10.9 Å². The van der Waals surface area contributed by atoms with Gasteiger partial charge in [-0.25, -0.2) is 4.79 Å². The Morgan fingerprint density at radius 2 is 1.86 bits per heavy atom. The minimum Gasteiger partial charge on any atom is -0.461 e. The maximum Gasteiger partial charge on any atom is 0.359 e. The number of nitrogens with zero attached hydrogens (tertiary/aromatic N) is 2. The molecule has 0 aliphatic rings. The van der Waals surface area contributed by atoms with E-state index in [1.165, 1.54) is 12.1 Å². The first-order chi connectivity index (χ1) is 16.7. The number of halogens is 2. The molecule has 0 saturated heterocycles. The number of thiophene rings is 1. The molecule has 180 valence electrons. The number of ether oxygens (including phenoxy) is 1. The summed E-state index contributed by atoms with van der Waals surface area (Å²) in [5.74, 6) is -0.898. The van der Waals surface area contributed by atoms with E-state index in [0.717, 1.165) is 21.6 Å². The van der Waals surface area contributed by atoms with Gasteiger partial charge in [-0.05, 0) is 48.7 Å². The molecule has 0 unspecified atom stereocenters.